The standard InChI is InChI=1S/C18H24O6/c1-4-23-18(19)8-6-5-7-15-9-10-16(17(13-15)21-3)24-14-22-12-11-20-2/h5-10,13H,4,11-12,14H2,1-3H3. The van der Waals surface area contributed by atoms with E-state index in [2.05, 4.69) is 0 Å². The molecule has 0 radical (unpaired) electrons. The molecule has 0 aliphatic heterocycles. The SMILES string of the molecule is CCOC(=O)C=CC=Cc1ccc(OCOCCOC)c(OC)c1. The quantitative estimate of drug-likeness (QED) is 0.204. The van der Waals surface area contributed by atoms with Crippen LogP contribution in [0.15, 0.2) is 36.4 Å². The Morgan fingerprint density at radius 3 is 2.67 bits per heavy atom. The minimum absolute atomic E-state index is 0.122. The number of hydrogen-bond acceptors (Lipinski definition) is 6. The van der Waals surface area contributed by atoms with Crippen LogP contribution in [0.2, 0.25) is 0 Å². The number of carbonyl (C=O) groups is 1. The molecule has 24 heavy (non-hydrogen) atoms. The minimum Gasteiger partial charge on any atom is -0.493 e. The van der Waals surface area contributed by atoms with Crippen LogP contribution in [0.25, 0.3) is 6.08 Å². The molecule has 0 unspecified atom stereocenters. The molecule has 0 saturated heterocycles. The summed E-state index contributed by atoms with van der Waals surface area (Å²) in [6.45, 7) is 3.23. The number of rotatable bonds is 11. The van der Waals surface area contributed by atoms with Crippen LogP contribution in [0.1, 0.15) is 12.5 Å². The molecule has 0 aliphatic rings. The van der Waals surface area contributed by atoms with Crippen molar-refractivity contribution in [3.05, 3.63) is 42.0 Å². The zero-order valence-corrected chi connectivity index (χ0v) is 14.3. The fraction of sp³-hybridized carbons (Fsp3) is 0.389. The normalized spacial score (nSPS) is 11.1. The fourth-order valence-corrected chi connectivity index (χ4v) is 1.70. The molecule has 0 aliphatic carbocycles. The Hall–Kier alpha value is -2.31. The van der Waals surface area contributed by atoms with E-state index in [4.69, 9.17) is 23.7 Å². The Bertz CT molecular complexity index is 550. The van der Waals surface area contributed by atoms with Crippen LogP contribution in [-0.4, -0.2) is 46.8 Å². The molecule has 6 heteroatoms. The van der Waals surface area contributed by atoms with Gasteiger partial charge < -0.3 is 23.7 Å². The predicted octanol–water partition coefficient (Wildman–Crippen LogP) is 2.83. The third-order valence-electron chi connectivity index (χ3n) is 2.84. The van der Waals surface area contributed by atoms with Gasteiger partial charge in [0.05, 0.1) is 26.9 Å². The van der Waals surface area contributed by atoms with Gasteiger partial charge in [-0.1, -0.05) is 24.3 Å². The number of benzene rings is 1. The Morgan fingerprint density at radius 1 is 1.12 bits per heavy atom. The molecule has 0 aromatic heterocycles. The van der Waals surface area contributed by atoms with Crippen LogP contribution in [0.3, 0.4) is 0 Å². The van der Waals surface area contributed by atoms with Gasteiger partial charge in [-0.05, 0) is 24.6 Å². The van der Waals surface area contributed by atoms with Crippen molar-refractivity contribution < 1.29 is 28.5 Å². The van der Waals surface area contributed by atoms with Crippen molar-refractivity contribution in [2.45, 2.75) is 6.92 Å². The van der Waals surface area contributed by atoms with Crippen molar-refractivity contribution in [1.29, 1.82) is 0 Å². The van der Waals surface area contributed by atoms with E-state index >= 15 is 0 Å². The Labute approximate surface area is 142 Å². The van der Waals surface area contributed by atoms with Crippen molar-refractivity contribution in [2.75, 3.05) is 40.8 Å². The monoisotopic (exact) mass is 336 g/mol. The molecule has 0 bridgehead atoms. The summed E-state index contributed by atoms with van der Waals surface area (Å²) in [7, 11) is 3.18. The first kappa shape index (κ1) is 19.7. The number of methoxy groups -OCH3 is 2. The third kappa shape index (κ3) is 7.80. The third-order valence-corrected chi connectivity index (χ3v) is 2.84. The van der Waals surface area contributed by atoms with Gasteiger partial charge in [-0.2, -0.15) is 0 Å². The first-order valence-corrected chi connectivity index (χ1v) is 7.60. The summed E-state index contributed by atoms with van der Waals surface area (Å²) in [6, 6.07) is 5.51. The zero-order chi connectivity index (χ0) is 17.6. The van der Waals surface area contributed by atoms with Crippen molar-refractivity contribution >= 4 is 12.0 Å². The molecule has 0 amide bonds. The van der Waals surface area contributed by atoms with E-state index in [9.17, 15) is 4.79 Å². The lowest BCUT2D eigenvalue weighted by atomic mass is 10.2. The smallest absolute Gasteiger partial charge is 0.330 e. The second-order valence-corrected chi connectivity index (χ2v) is 4.54. The van der Waals surface area contributed by atoms with Gasteiger partial charge in [0.1, 0.15) is 0 Å². The van der Waals surface area contributed by atoms with Gasteiger partial charge in [0.25, 0.3) is 0 Å². The van der Waals surface area contributed by atoms with Crippen LogP contribution in [-0.2, 0) is 19.0 Å². The number of allylic oxidation sites excluding steroid dienone is 2. The first-order chi connectivity index (χ1) is 11.7. The molecule has 1 aromatic carbocycles. The number of esters is 1. The molecule has 0 heterocycles. The van der Waals surface area contributed by atoms with Crippen molar-refractivity contribution in [3.8, 4) is 11.5 Å². The molecule has 132 valence electrons. The van der Waals surface area contributed by atoms with Crippen LogP contribution in [0, 0.1) is 0 Å². The van der Waals surface area contributed by atoms with Crippen molar-refractivity contribution in [3.63, 3.8) is 0 Å². The molecular weight excluding hydrogens is 312 g/mol. The average molecular weight is 336 g/mol. The van der Waals surface area contributed by atoms with E-state index in [1.54, 1.807) is 39.4 Å². The van der Waals surface area contributed by atoms with Crippen LogP contribution in [0.4, 0.5) is 0 Å². The van der Waals surface area contributed by atoms with Gasteiger partial charge in [0.15, 0.2) is 18.3 Å². The summed E-state index contributed by atoms with van der Waals surface area (Å²) in [5.41, 5.74) is 0.910. The molecule has 0 fully saturated rings. The Kier molecular flexibility index (Phi) is 9.99. The number of hydrogen-bond donors (Lipinski definition) is 0. The highest BCUT2D eigenvalue weighted by Gasteiger charge is 2.04. The lowest BCUT2D eigenvalue weighted by Gasteiger charge is -2.11. The van der Waals surface area contributed by atoms with Crippen molar-refractivity contribution in [2.24, 2.45) is 0 Å². The molecule has 6 nitrogen and oxygen atoms in total. The molecule has 0 saturated carbocycles. The zero-order valence-electron chi connectivity index (χ0n) is 14.3. The minimum atomic E-state index is -0.364. The largest absolute Gasteiger partial charge is 0.493 e. The summed E-state index contributed by atoms with van der Waals surface area (Å²) >= 11 is 0. The molecule has 1 rings (SSSR count). The molecule has 1 aromatic rings. The van der Waals surface area contributed by atoms with Gasteiger partial charge in [-0.3, -0.25) is 0 Å². The molecule has 0 N–H and O–H groups in total. The maximum atomic E-state index is 11.2. The maximum Gasteiger partial charge on any atom is 0.330 e. The summed E-state index contributed by atoms with van der Waals surface area (Å²) in [5.74, 6) is 0.827. The van der Waals surface area contributed by atoms with Gasteiger partial charge in [-0.15, -0.1) is 0 Å². The second-order valence-electron chi connectivity index (χ2n) is 4.54. The maximum absolute atomic E-state index is 11.2. The first-order valence-electron chi connectivity index (χ1n) is 7.60. The van der Waals surface area contributed by atoms with Gasteiger partial charge >= 0.3 is 5.97 Å². The average Bonchev–Trinajstić information content (AvgIpc) is 2.59. The lowest BCUT2D eigenvalue weighted by Crippen LogP contribution is -2.08. The summed E-state index contributed by atoms with van der Waals surface area (Å²) in [5, 5.41) is 0. The molecule has 0 atom stereocenters. The van der Waals surface area contributed by atoms with Gasteiger partial charge in [0, 0.05) is 13.2 Å². The summed E-state index contributed by atoms with van der Waals surface area (Å²) in [4.78, 5) is 11.2. The van der Waals surface area contributed by atoms with E-state index in [0.717, 1.165) is 5.56 Å². The van der Waals surface area contributed by atoms with Gasteiger partial charge in [-0.25, -0.2) is 4.79 Å². The van der Waals surface area contributed by atoms with Crippen LogP contribution < -0.4 is 9.47 Å². The highest BCUT2D eigenvalue weighted by atomic mass is 16.7. The van der Waals surface area contributed by atoms with Crippen molar-refractivity contribution in [1.82, 2.24) is 0 Å². The highest BCUT2D eigenvalue weighted by molar-refractivity contribution is 5.82. The second kappa shape index (κ2) is 12.2. The van der Waals surface area contributed by atoms with Crippen LogP contribution in [0.5, 0.6) is 11.5 Å². The van der Waals surface area contributed by atoms with E-state index < -0.39 is 0 Å². The highest BCUT2D eigenvalue weighted by Crippen LogP contribution is 2.28. The number of ether oxygens (including phenoxy) is 5. The Balaban J connectivity index is 2.57. The Morgan fingerprint density at radius 2 is 1.96 bits per heavy atom. The summed E-state index contributed by atoms with van der Waals surface area (Å²) < 4.78 is 25.8. The fourth-order valence-electron chi connectivity index (χ4n) is 1.70. The van der Waals surface area contributed by atoms with E-state index in [1.807, 2.05) is 18.2 Å². The van der Waals surface area contributed by atoms with Gasteiger partial charge in [0.2, 0.25) is 0 Å². The summed E-state index contributed by atoms with van der Waals surface area (Å²) in [6.07, 6.45) is 6.59. The van der Waals surface area contributed by atoms with E-state index in [0.29, 0.717) is 31.3 Å². The van der Waals surface area contributed by atoms with E-state index in [-0.39, 0.29) is 12.8 Å². The topological polar surface area (TPSA) is 63.2 Å². The predicted molar refractivity (Wildman–Crippen MR) is 91.1 cm³/mol. The molecule has 0 spiro atoms. The van der Waals surface area contributed by atoms with Crippen LogP contribution >= 0.6 is 0 Å². The molecular formula is C18H24O6. The lowest BCUT2D eigenvalue weighted by molar-refractivity contribution is -0.137. The van der Waals surface area contributed by atoms with E-state index in [1.165, 1.54) is 6.08 Å². The number of carbonyl (C=O) groups excluding carboxylic acids is 1.